The van der Waals surface area contributed by atoms with Gasteiger partial charge in [-0.15, -0.1) is 0 Å². The first-order valence-electron chi connectivity index (χ1n) is 9.15. The van der Waals surface area contributed by atoms with E-state index in [0.29, 0.717) is 0 Å². The number of hydrogen-bond acceptors (Lipinski definition) is 0. The molecule has 0 aliphatic carbocycles. The molecule has 0 unspecified atom stereocenters. The van der Waals surface area contributed by atoms with E-state index in [9.17, 15) is 5.11 Å². The molecule has 0 saturated heterocycles. The fourth-order valence-corrected chi connectivity index (χ4v) is 2.53. The van der Waals surface area contributed by atoms with E-state index in [1.54, 1.807) is 0 Å². The van der Waals surface area contributed by atoms with Gasteiger partial charge in [-0.25, -0.2) is 5.11 Å². The molecule has 0 aromatic carbocycles. The molecule has 0 heterocycles. The molecule has 1 heteroatoms. The minimum absolute atomic E-state index is 0.114. The van der Waals surface area contributed by atoms with E-state index in [-0.39, 0.29) is 6.61 Å². The van der Waals surface area contributed by atoms with Gasteiger partial charge in [-0.2, -0.15) is 0 Å². The molecule has 1 radical (unpaired) electrons. The highest BCUT2D eigenvalue weighted by atomic mass is 16.2. The Hall–Kier alpha value is -0.300. The smallest absolute Gasteiger partial charge is 0.0822 e. The second-order valence-electron chi connectivity index (χ2n) is 6.00. The summed E-state index contributed by atoms with van der Waals surface area (Å²) in [5.74, 6) is 0. The zero-order valence-electron chi connectivity index (χ0n) is 13.9. The Balaban J connectivity index is 3.01. The molecular weight excluding hydrogens is 244 g/mol. The molecule has 0 aliphatic rings. The van der Waals surface area contributed by atoms with Crippen molar-refractivity contribution in [2.45, 2.75) is 103 Å². The summed E-state index contributed by atoms with van der Waals surface area (Å²) in [5, 5.41) is 10.3. The normalized spacial score (nSPS) is 11.5. The molecule has 0 aromatic rings. The summed E-state index contributed by atoms with van der Waals surface area (Å²) in [6.07, 6.45) is 24.3. The molecule has 0 atom stereocenters. The molecule has 0 fully saturated rings. The van der Waals surface area contributed by atoms with Crippen LogP contribution in [0.3, 0.4) is 0 Å². The van der Waals surface area contributed by atoms with Crippen LogP contribution in [0.5, 0.6) is 0 Å². The predicted octanol–water partition coefficient (Wildman–Crippen LogP) is 6.84. The minimum Gasteiger partial charge on any atom is -0.237 e. The maximum absolute atomic E-state index is 10.3. The molecule has 0 amide bonds. The van der Waals surface area contributed by atoms with Crippen molar-refractivity contribution in [1.29, 1.82) is 0 Å². The molecule has 20 heavy (non-hydrogen) atoms. The van der Waals surface area contributed by atoms with Crippen LogP contribution in [-0.4, -0.2) is 6.61 Å². The molecule has 0 aliphatic heterocycles. The van der Waals surface area contributed by atoms with Gasteiger partial charge in [0.15, 0.2) is 0 Å². The van der Waals surface area contributed by atoms with Gasteiger partial charge < -0.3 is 0 Å². The molecule has 0 saturated carbocycles. The number of hydrogen-bond donors (Lipinski definition) is 0. The standard InChI is InChI=1S/C19H37O/c1-2-3-4-5-6-7-8-9-10-11-12-13-14-15-16-17-18-19-20/h9-10H,2-8,11-19H2,1H3. The van der Waals surface area contributed by atoms with Gasteiger partial charge in [0.2, 0.25) is 0 Å². The SMILES string of the molecule is CCCCCCCCC=CCCCCCCCCC[O]. The first-order valence-corrected chi connectivity index (χ1v) is 9.15. The van der Waals surface area contributed by atoms with Gasteiger partial charge in [-0.3, -0.25) is 0 Å². The third kappa shape index (κ3) is 17.7. The Kier molecular flexibility index (Phi) is 18.4. The van der Waals surface area contributed by atoms with Crippen LogP contribution in [0.25, 0.3) is 0 Å². The fraction of sp³-hybridized carbons (Fsp3) is 0.895. The van der Waals surface area contributed by atoms with E-state index < -0.39 is 0 Å². The first-order chi connectivity index (χ1) is 9.91. The van der Waals surface area contributed by atoms with Gasteiger partial charge in [-0.05, 0) is 32.1 Å². The molecule has 119 valence electrons. The van der Waals surface area contributed by atoms with Crippen molar-refractivity contribution < 1.29 is 5.11 Å². The molecule has 1 nitrogen and oxygen atoms in total. The van der Waals surface area contributed by atoms with Gasteiger partial charge in [0.25, 0.3) is 0 Å². The topological polar surface area (TPSA) is 19.9 Å². The zero-order valence-corrected chi connectivity index (χ0v) is 13.9. The van der Waals surface area contributed by atoms with Gasteiger partial charge in [0.05, 0.1) is 6.61 Å². The lowest BCUT2D eigenvalue weighted by Gasteiger charge is -1.99. The molecule has 0 spiro atoms. The molecule has 0 rings (SSSR count). The first kappa shape index (κ1) is 19.7. The maximum Gasteiger partial charge on any atom is 0.0822 e. The minimum atomic E-state index is 0.114. The summed E-state index contributed by atoms with van der Waals surface area (Å²) in [7, 11) is 0. The Morgan fingerprint density at radius 1 is 0.550 bits per heavy atom. The van der Waals surface area contributed by atoms with E-state index in [1.165, 1.54) is 83.5 Å². The quantitative estimate of drug-likeness (QED) is 0.218. The van der Waals surface area contributed by atoms with Crippen LogP contribution in [0.2, 0.25) is 0 Å². The lowest BCUT2D eigenvalue weighted by Crippen LogP contribution is -1.83. The van der Waals surface area contributed by atoms with Gasteiger partial charge in [-0.1, -0.05) is 83.3 Å². The van der Waals surface area contributed by atoms with Gasteiger partial charge >= 0.3 is 0 Å². The summed E-state index contributed by atoms with van der Waals surface area (Å²) >= 11 is 0. The highest BCUT2D eigenvalue weighted by Crippen LogP contribution is 2.10. The Labute approximate surface area is 127 Å². The monoisotopic (exact) mass is 281 g/mol. The number of rotatable bonds is 16. The number of allylic oxidation sites excluding steroid dienone is 2. The summed E-state index contributed by atoms with van der Waals surface area (Å²) in [6.45, 7) is 2.39. The van der Waals surface area contributed by atoms with Crippen molar-refractivity contribution in [3.05, 3.63) is 12.2 Å². The van der Waals surface area contributed by atoms with Crippen molar-refractivity contribution in [1.82, 2.24) is 0 Å². The van der Waals surface area contributed by atoms with Crippen LogP contribution in [0.15, 0.2) is 12.2 Å². The maximum atomic E-state index is 10.3. The van der Waals surface area contributed by atoms with Gasteiger partial charge in [0.1, 0.15) is 0 Å². The lowest BCUT2D eigenvalue weighted by molar-refractivity contribution is 0.186. The van der Waals surface area contributed by atoms with Crippen molar-refractivity contribution in [2.75, 3.05) is 6.61 Å². The Morgan fingerprint density at radius 2 is 0.950 bits per heavy atom. The van der Waals surface area contributed by atoms with Crippen LogP contribution < -0.4 is 0 Å². The largest absolute Gasteiger partial charge is 0.237 e. The highest BCUT2D eigenvalue weighted by molar-refractivity contribution is 4.81. The summed E-state index contributed by atoms with van der Waals surface area (Å²) < 4.78 is 0. The average molecular weight is 282 g/mol. The van der Waals surface area contributed by atoms with Crippen LogP contribution in [-0.2, 0) is 5.11 Å². The predicted molar refractivity (Wildman–Crippen MR) is 89.6 cm³/mol. The molecule has 0 N–H and O–H groups in total. The van der Waals surface area contributed by atoms with E-state index in [4.69, 9.17) is 0 Å². The molecule has 0 bridgehead atoms. The van der Waals surface area contributed by atoms with E-state index in [0.717, 1.165) is 12.8 Å². The fourth-order valence-electron chi connectivity index (χ4n) is 2.53. The Morgan fingerprint density at radius 3 is 1.40 bits per heavy atom. The van der Waals surface area contributed by atoms with E-state index in [2.05, 4.69) is 19.1 Å². The van der Waals surface area contributed by atoms with Crippen molar-refractivity contribution in [3.8, 4) is 0 Å². The number of unbranched alkanes of at least 4 members (excludes halogenated alkanes) is 13. The van der Waals surface area contributed by atoms with E-state index >= 15 is 0 Å². The van der Waals surface area contributed by atoms with Crippen LogP contribution in [0, 0.1) is 0 Å². The second kappa shape index (κ2) is 18.7. The lowest BCUT2D eigenvalue weighted by atomic mass is 10.1. The summed E-state index contributed by atoms with van der Waals surface area (Å²) in [6, 6.07) is 0. The molecule has 0 aromatic heterocycles. The van der Waals surface area contributed by atoms with E-state index in [1.807, 2.05) is 0 Å². The highest BCUT2D eigenvalue weighted by Gasteiger charge is 1.91. The zero-order chi connectivity index (χ0) is 14.7. The third-order valence-corrected chi connectivity index (χ3v) is 3.91. The summed E-state index contributed by atoms with van der Waals surface area (Å²) in [4.78, 5) is 0. The van der Waals surface area contributed by atoms with Crippen LogP contribution in [0.4, 0.5) is 0 Å². The average Bonchev–Trinajstić information content (AvgIpc) is 2.47. The van der Waals surface area contributed by atoms with Crippen molar-refractivity contribution in [2.24, 2.45) is 0 Å². The van der Waals surface area contributed by atoms with Crippen LogP contribution in [0.1, 0.15) is 103 Å². The van der Waals surface area contributed by atoms with Crippen LogP contribution >= 0.6 is 0 Å². The van der Waals surface area contributed by atoms with Crippen molar-refractivity contribution >= 4 is 0 Å². The molecular formula is C19H37O. The summed E-state index contributed by atoms with van der Waals surface area (Å²) in [5.41, 5.74) is 0. The Bertz CT molecular complexity index is 186. The van der Waals surface area contributed by atoms with Crippen molar-refractivity contribution in [3.63, 3.8) is 0 Å². The third-order valence-electron chi connectivity index (χ3n) is 3.91. The van der Waals surface area contributed by atoms with Gasteiger partial charge in [0, 0.05) is 0 Å². The second-order valence-corrected chi connectivity index (χ2v) is 6.00.